The molecule has 5 nitrogen and oxygen atoms in total. The summed E-state index contributed by atoms with van der Waals surface area (Å²) < 4.78 is 13.6. The van der Waals surface area contributed by atoms with Gasteiger partial charge in [-0.05, 0) is 43.4 Å². The van der Waals surface area contributed by atoms with E-state index in [0.717, 1.165) is 36.9 Å². The first-order valence-electron chi connectivity index (χ1n) is 8.02. The lowest BCUT2D eigenvalue weighted by atomic mass is 9.95. The number of pyridine rings is 1. The van der Waals surface area contributed by atoms with Crippen LogP contribution in [0.2, 0.25) is 0 Å². The van der Waals surface area contributed by atoms with Crippen molar-refractivity contribution in [1.82, 2.24) is 10.3 Å². The molecule has 1 heterocycles. The van der Waals surface area contributed by atoms with Crippen LogP contribution in [-0.4, -0.2) is 22.5 Å². The molecule has 0 radical (unpaired) electrons. The van der Waals surface area contributed by atoms with E-state index in [1.54, 1.807) is 12.1 Å². The Hall–Kier alpha value is -2.47. The molecule has 1 aliphatic carbocycles. The first-order valence-corrected chi connectivity index (χ1v) is 8.02. The Labute approximate surface area is 138 Å². The van der Waals surface area contributed by atoms with Gasteiger partial charge in [0.2, 0.25) is 0 Å². The first-order chi connectivity index (χ1) is 11.6. The Morgan fingerprint density at radius 3 is 2.83 bits per heavy atom. The lowest BCUT2D eigenvalue weighted by Gasteiger charge is -2.16. The molecule has 3 N–H and O–H groups in total. The number of amides is 1. The number of benzene rings is 1. The highest BCUT2D eigenvalue weighted by Crippen LogP contribution is 2.19. The molecule has 24 heavy (non-hydrogen) atoms. The number of aromatic nitrogens is 1. The van der Waals surface area contributed by atoms with E-state index >= 15 is 0 Å². The Bertz CT molecular complexity index is 816. The standard InChI is InChI=1S/C18H19FN2O3/c19-14-7-3-2-6-12(14)16(22)10-20-17(23)13-9-11-5-1-4-8-15(11)21-18(13)24/h2-3,6-7,9,16,22H,1,4-5,8,10H2,(H,20,23)(H,21,24). The molecular weight excluding hydrogens is 311 g/mol. The van der Waals surface area contributed by atoms with E-state index in [4.69, 9.17) is 0 Å². The molecule has 126 valence electrons. The first kappa shape index (κ1) is 16.4. The van der Waals surface area contributed by atoms with Gasteiger partial charge in [-0.3, -0.25) is 9.59 Å². The topological polar surface area (TPSA) is 82.2 Å². The summed E-state index contributed by atoms with van der Waals surface area (Å²) in [6, 6.07) is 7.46. The predicted molar refractivity (Wildman–Crippen MR) is 87.4 cm³/mol. The Balaban J connectivity index is 1.71. The zero-order valence-corrected chi connectivity index (χ0v) is 13.1. The second kappa shape index (κ2) is 6.97. The number of carbonyl (C=O) groups excluding carboxylic acids is 1. The van der Waals surface area contributed by atoms with Crippen LogP contribution in [0.3, 0.4) is 0 Å². The Kier molecular flexibility index (Phi) is 4.76. The van der Waals surface area contributed by atoms with Crippen molar-refractivity contribution in [3.05, 3.63) is 68.9 Å². The summed E-state index contributed by atoms with van der Waals surface area (Å²) >= 11 is 0. The van der Waals surface area contributed by atoms with E-state index in [2.05, 4.69) is 10.3 Å². The molecular formula is C18H19FN2O3. The van der Waals surface area contributed by atoms with Gasteiger partial charge in [0.15, 0.2) is 0 Å². The molecule has 1 amide bonds. The number of carbonyl (C=O) groups is 1. The summed E-state index contributed by atoms with van der Waals surface area (Å²) in [5.41, 5.74) is 1.58. The van der Waals surface area contributed by atoms with Crippen molar-refractivity contribution in [1.29, 1.82) is 0 Å². The molecule has 6 heteroatoms. The van der Waals surface area contributed by atoms with Gasteiger partial charge >= 0.3 is 0 Å². The predicted octanol–water partition coefficient (Wildman–Crippen LogP) is 1.86. The molecule has 0 saturated carbocycles. The van der Waals surface area contributed by atoms with Crippen molar-refractivity contribution in [3.63, 3.8) is 0 Å². The van der Waals surface area contributed by atoms with E-state index in [-0.39, 0.29) is 17.7 Å². The molecule has 1 aromatic carbocycles. The van der Waals surface area contributed by atoms with Gasteiger partial charge in [-0.25, -0.2) is 4.39 Å². The van der Waals surface area contributed by atoms with E-state index < -0.39 is 23.4 Å². The molecule has 1 atom stereocenters. The number of aryl methyl sites for hydroxylation is 2. The molecule has 0 spiro atoms. The van der Waals surface area contributed by atoms with Crippen molar-refractivity contribution in [2.24, 2.45) is 0 Å². The number of aromatic amines is 1. The minimum atomic E-state index is -1.17. The maximum absolute atomic E-state index is 13.6. The number of aliphatic hydroxyl groups excluding tert-OH is 1. The van der Waals surface area contributed by atoms with Crippen LogP contribution >= 0.6 is 0 Å². The second-order valence-corrected chi connectivity index (χ2v) is 5.97. The van der Waals surface area contributed by atoms with Gasteiger partial charge in [0, 0.05) is 17.8 Å². The van der Waals surface area contributed by atoms with Crippen LogP contribution in [0.1, 0.15) is 46.1 Å². The van der Waals surface area contributed by atoms with Gasteiger partial charge in [-0.1, -0.05) is 18.2 Å². The number of H-pyrrole nitrogens is 1. The molecule has 0 fully saturated rings. The van der Waals surface area contributed by atoms with Crippen molar-refractivity contribution in [2.45, 2.75) is 31.8 Å². The fourth-order valence-corrected chi connectivity index (χ4v) is 2.98. The van der Waals surface area contributed by atoms with Crippen molar-refractivity contribution in [2.75, 3.05) is 6.54 Å². The third-order valence-electron chi connectivity index (χ3n) is 4.30. The van der Waals surface area contributed by atoms with Gasteiger partial charge < -0.3 is 15.4 Å². The van der Waals surface area contributed by atoms with Crippen LogP contribution in [0, 0.1) is 5.82 Å². The number of aliphatic hydroxyl groups is 1. The zero-order chi connectivity index (χ0) is 17.1. The SMILES string of the molecule is O=C(NCC(O)c1ccccc1F)c1cc2c([nH]c1=O)CCCC2. The summed E-state index contributed by atoms with van der Waals surface area (Å²) in [7, 11) is 0. The fourth-order valence-electron chi connectivity index (χ4n) is 2.98. The normalized spacial score (nSPS) is 14.8. The maximum atomic E-state index is 13.6. The van der Waals surface area contributed by atoms with Gasteiger partial charge in [0.1, 0.15) is 11.4 Å². The zero-order valence-electron chi connectivity index (χ0n) is 13.1. The van der Waals surface area contributed by atoms with E-state index in [0.29, 0.717) is 0 Å². The number of halogens is 1. The quantitative estimate of drug-likeness (QED) is 0.800. The van der Waals surface area contributed by atoms with Crippen LogP contribution in [0.25, 0.3) is 0 Å². The maximum Gasteiger partial charge on any atom is 0.261 e. The smallest absolute Gasteiger partial charge is 0.261 e. The summed E-state index contributed by atoms with van der Waals surface area (Å²) in [5.74, 6) is -1.11. The Morgan fingerprint density at radius 2 is 2.04 bits per heavy atom. The fraction of sp³-hybridized carbons (Fsp3) is 0.333. The molecule has 2 aromatic rings. The lowest BCUT2D eigenvalue weighted by molar-refractivity contribution is 0.0912. The third kappa shape index (κ3) is 3.38. The van der Waals surface area contributed by atoms with Gasteiger partial charge in [-0.15, -0.1) is 0 Å². The highest BCUT2D eigenvalue weighted by molar-refractivity contribution is 5.94. The van der Waals surface area contributed by atoms with Crippen LogP contribution in [0.4, 0.5) is 4.39 Å². The third-order valence-corrected chi connectivity index (χ3v) is 4.30. The minimum Gasteiger partial charge on any atom is -0.386 e. The highest BCUT2D eigenvalue weighted by atomic mass is 19.1. The summed E-state index contributed by atoms with van der Waals surface area (Å²) in [6.07, 6.45) is 2.55. The summed E-state index contributed by atoms with van der Waals surface area (Å²) in [5, 5.41) is 12.5. The van der Waals surface area contributed by atoms with Crippen LogP contribution in [0.15, 0.2) is 35.1 Å². The van der Waals surface area contributed by atoms with Gasteiger partial charge in [0.05, 0.1) is 6.10 Å². The molecule has 1 unspecified atom stereocenters. The van der Waals surface area contributed by atoms with Crippen molar-refractivity contribution in [3.8, 4) is 0 Å². The molecule has 0 saturated heterocycles. The largest absolute Gasteiger partial charge is 0.386 e. The second-order valence-electron chi connectivity index (χ2n) is 5.97. The van der Waals surface area contributed by atoms with Crippen LogP contribution in [0.5, 0.6) is 0 Å². The average molecular weight is 330 g/mol. The highest BCUT2D eigenvalue weighted by Gasteiger charge is 2.19. The van der Waals surface area contributed by atoms with E-state index in [1.807, 2.05) is 0 Å². The summed E-state index contributed by atoms with van der Waals surface area (Å²) in [6.45, 7) is -0.170. The van der Waals surface area contributed by atoms with Crippen LogP contribution < -0.4 is 10.9 Å². The van der Waals surface area contributed by atoms with Crippen molar-refractivity contribution >= 4 is 5.91 Å². The van der Waals surface area contributed by atoms with Crippen LogP contribution in [-0.2, 0) is 12.8 Å². The number of nitrogens with one attached hydrogen (secondary N) is 2. The molecule has 3 rings (SSSR count). The number of hydrogen-bond acceptors (Lipinski definition) is 3. The molecule has 0 aliphatic heterocycles. The monoisotopic (exact) mass is 330 g/mol. The molecule has 0 bridgehead atoms. The number of hydrogen-bond donors (Lipinski definition) is 3. The minimum absolute atomic E-state index is 0.0244. The van der Waals surface area contributed by atoms with E-state index in [1.165, 1.54) is 18.2 Å². The number of fused-ring (bicyclic) bond motifs is 1. The van der Waals surface area contributed by atoms with E-state index in [9.17, 15) is 19.1 Å². The van der Waals surface area contributed by atoms with Crippen molar-refractivity contribution < 1.29 is 14.3 Å². The lowest BCUT2D eigenvalue weighted by Crippen LogP contribution is -2.33. The number of rotatable bonds is 4. The van der Waals surface area contributed by atoms with Gasteiger partial charge in [0.25, 0.3) is 11.5 Å². The summed E-state index contributed by atoms with van der Waals surface area (Å²) in [4.78, 5) is 27.1. The van der Waals surface area contributed by atoms with Gasteiger partial charge in [-0.2, -0.15) is 0 Å². The molecule has 1 aromatic heterocycles. The average Bonchev–Trinajstić information content (AvgIpc) is 2.59. The molecule has 1 aliphatic rings. The Morgan fingerprint density at radius 1 is 1.29 bits per heavy atom.